The van der Waals surface area contributed by atoms with Gasteiger partial charge in [-0.15, -0.1) is 0 Å². The molecule has 2 N–H and O–H groups in total. The molecule has 1 atom stereocenters. The van der Waals surface area contributed by atoms with E-state index in [1.807, 2.05) is 76.2 Å². The van der Waals surface area contributed by atoms with E-state index in [1.54, 1.807) is 18.2 Å². The number of hydrazone groups is 1. The number of amides is 2. The van der Waals surface area contributed by atoms with Crippen molar-refractivity contribution in [1.82, 2.24) is 10.7 Å². The first-order chi connectivity index (χ1) is 17.8. The van der Waals surface area contributed by atoms with Gasteiger partial charge in [-0.1, -0.05) is 61.9 Å². The van der Waals surface area contributed by atoms with Crippen molar-refractivity contribution >= 4 is 34.0 Å². The molecule has 0 aromatic heterocycles. The van der Waals surface area contributed by atoms with Crippen molar-refractivity contribution in [3.8, 4) is 11.5 Å². The van der Waals surface area contributed by atoms with Gasteiger partial charge < -0.3 is 14.8 Å². The van der Waals surface area contributed by atoms with Crippen LogP contribution < -0.4 is 20.2 Å². The number of carbonyl (C=O) groups is 2. The molecule has 0 saturated carbocycles. The molecule has 0 radical (unpaired) electrons. The maximum absolute atomic E-state index is 12.8. The quantitative estimate of drug-likeness (QED) is 0.232. The summed E-state index contributed by atoms with van der Waals surface area (Å²) in [5, 5.41) is 6.91. The van der Waals surface area contributed by atoms with Gasteiger partial charge in [-0.05, 0) is 71.1 Å². The minimum Gasteiger partial charge on any atom is -0.490 e. The number of ether oxygens (including phenoxy) is 2. The van der Waals surface area contributed by atoms with Gasteiger partial charge in [0.15, 0.2) is 11.5 Å². The van der Waals surface area contributed by atoms with Crippen LogP contribution in [0.5, 0.6) is 11.5 Å². The second kappa shape index (κ2) is 13.6. The number of benzene rings is 3. The van der Waals surface area contributed by atoms with Crippen LogP contribution in [-0.2, 0) is 11.4 Å². The topological polar surface area (TPSA) is 89.0 Å². The molecule has 1 unspecified atom stereocenters. The zero-order valence-corrected chi connectivity index (χ0v) is 23.0. The van der Waals surface area contributed by atoms with Gasteiger partial charge in [-0.25, -0.2) is 5.43 Å². The smallest absolute Gasteiger partial charge is 0.262 e. The Morgan fingerprint density at radius 1 is 1.03 bits per heavy atom. The van der Waals surface area contributed by atoms with Crippen molar-refractivity contribution in [1.29, 1.82) is 0 Å². The van der Waals surface area contributed by atoms with Crippen LogP contribution in [0.25, 0.3) is 0 Å². The highest BCUT2D eigenvalue weighted by Gasteiger charge is 2.24. The van der Waals surface area contributed by atoms with Crippen LogP contribution in [0.2, 0.25) is 0 Å². The third kappa shape index (κ3) is 8.18. The fourth-order valence-electron chi connectivity index (χ4n) is 3.50. The number of rotatable bonds is 11. The minimum atomic E-state index is -0.745. The molecule has 0 aliphatic carbocycles. The maximum Gasteiger partial charge on any atom is 0.262 e. The minimum absolute atomic E-state index is 0.135. The Labute approximate surface area is 226 Å². The number of halogens is 1. The van der Waals surface area contributed by atoms with Crippen molar-refractivity contribution in [3.05, 3.63) is 93.5 Å². The number of hydrogen-bond donors (Lipinski definition) is 2. The lowest BCUT2D eigenvalue weighted by atomic mass is 10.0. The van der Waals surface area contributed by atoms with E-state index < -0.39 is 11.9 Å². The molecule has 3 rings (SSSR count). The molecule has 0 fully saturated rings. The number of hydrogen-bond acceptors (Lipinski definition) is 5. The Kier molecular flexibility index (Phi) is 10.3. The Bertz CT molecular complexity index is 1230. The van der Waals surface area contributed by atoms with Gasteiger partial charge in [0.05, 0.1) is 17.3 Å². The van der Waals surface area contributed by atoms with Gasteiger partial charge in [0.2, 0.25) is 0 Å². The molecule has 0 aliphatic heterocycles. The van der Waals surface area contributed by atoms with Gasteiger partial charge >= 0.3 is 0 Å². The number of carbonyl (C=O) groups excluding carboxylic acids is 2. The van der Waals surface area contributed by atoms with Gasteiger partial charge in [0, 0.05) is 5.56 Å². The molecular formula is C29H32BrN3O4. The van der Waals surface area contributed by atoms with Crippen molar-refractivity contribution in [2.24, 2.45) is 11.0 Å². The van der Waals surface area contributed by atoms with E-state index >= 15 is 0 Å². The first-order valence-electron chi connectivity index (χ1n) is 12.1. The summed E-state index contributed by atoms with van der Waals surface area (Å²) in [6.45, 7) is 8.43. The lowest BCUT2D eigenvalue weighted by molar-refractivity contribution is -0.123. The van der Waals surface area contributed by atoms with E-state index in [0.29, 0.717) is 40.3 Å². The molecule has 7 nitrogen and oxygen atoms in total. The van der Waals surface area contributed by atoms with E-state index in [2.05, 4.69) is 31.8 Å². The second-order valence-corrected chi connectivity index (χ2v) is 9.69. The summed E-state index contributed by atoms with van der Waals surface area (Å²) >= 11 is 3.56. The number of nitrogens with zero attached hydrogens (tertiary/aromatic N) is 1. The Morgan fingerprint density at radius 2 is 1.73 bits per heavy atom. The molecule has 3 aromatic rings. The standard InChI is InChI=1S/C29H32BrN3O4/c1-5-36-25-16-22(15-24(30)27(25)37-18-21-9-7-6-8-10-21)17-31-33-29(35)26(19(2)3)32-28(34)23-13-11-20(4)12-14-23/h6-17,19,26H,5,18H2,1-4H3,(H,32,34)(H,33,35). The van der Waals surface area contributed by atoms with Gasteiger partial charge in [-0.2, -0.15) is 5.10 Å². The fraction of sp³-hybridized carbons (Fsp3) is 0.276. The van der Waals surface area contributed by atoms with Crippen LogP contribution >= 0.6 is 15.9 Å². The summed E-state index contributed by atoms with van der Waals surface area (Å²) in [7, 11) is 0. The van der Waals surface area contributed by atoms with Crippen LogP contribution in [0, 0.1) is 12.8 Å². The van der Waals surface area contributed by atoms with Crippen molar-refractivity contribution in [2.45, 2.75) is 40.3 Å². The molecule has 0 saturated heterocycles. The summed E-state index contributed by atoms with van der Waals surface area (Å²) in [6.07, 6.45) is 1.52. The normalized spacial score (nSPS) is 11.8. The van der Waals surface area contributed by atoms with E-state index in [9.17, 15) is 9.59 Å². The predicted molar refractivity (Wildman–Crippen MR) is 149 cm³/mol. The first-order valence-corrected chi connectivity index (χ1v) is 12.9. The van der Waals surface area contributed by atoms with Crippen molar-refractivity contribution in [3.63, 3.8) is 0 Å². The first kappa shape index (κ1) is 27.9. The van der Waals surface area contributed by atoms with Gasteiger partial charge in [-0.3, -0.25) is 9.59 Å². The lowest BCUT2D eigenvalue weighted by Crippen LogP contribution is -2.48. The van der Waals surface area contributed by atoms with Crippen molar-refractivity contribution in [2.75, 3.05) is 6.61 Å². The molecule has 3 aromatic carbocycles. The Balaban J connectivity index is 1.67. The molecule has 37 heavy (non-hydrogen) atoms. The highest BCUT2D eigenvalue weighted by molar-refractivity contribution is 9.10. The van der Waals surface area contributed by atoms with Crippen LogP contribution in [-0.4, -0.2) is 30.7 Å². The number of aryl methyl sites for hydroxylation is 1. The van der Waals surface area contributed by atoms with Crippen molar-refractivity contribution < 1.29 is 19.1 Å². The SMILES string of the molecule is CCOc1cc(C=NNC(=O)C(NC(=O)c2ccc(C)cc2)C(C)C)cc(Br)c1OCc1ccccc1. The molecule has 8 heteroatoms. The highest BCUT2D eigenvalue weighted by atomic mass is 79.9. The number of nitrogens with one attached hydrogen (secondary N) is 2. The van der Waals surface area contributed by atoms with E-state index in [-0.39, 0.29) is 11.8 Å². The molecule has 0 heterocycles. The van der Waals surface area contributed by atoms with Gasteiger partial charge in [0.1, 0.15) is 12.6 Å². The van der Waals surface area contributed by atoms with E-state index in [4.69, 9.17) is 9.47 Å². The monoisotopic (exact) mass is 565 g/mol. The molecular weight excluding hydrogens is 534 g/mol. The van der Waals surface area contributed by atoms with Crippen LogP contribution in [0.15, 0.2) is 76.3 Å². The molecule has 0 aliphatic rings. The molecule has 194 valence electrons. The Morgan fingerprint density at radius 3 is 2.38 bits per heavy atom. The highest BCUT2D eigenvalue weighted by Crippen LogP contribution is 2.37. The average Bonchev–Trinajstić information content (AvgIpc) is 2.87. The second-order valence-electron chi connectivity index (χ2n) is 8.83. The van der Waals surface area contributed by atoms with E-state index in [0.717, 1.165) is 11.1 Å². The summed E-state index contributed by atoms with van der Waals surface area (Å²) in [5.74, 6) is 0.300. The summed E-state index contributed by atoms with van der Waals surface area (Å²) in [6, 6.07) is 19.9. The van der Waals surface area contributed by atoms with Crippen LogP contribution in [0.4, 0.5) is 0 Å². The predicted octanol–water partition coefficient (Wildman–Crippen LogP) is 5.64. The zero-order chi connectivity index (χ0) is 26.8. The summed E-state index contributed by atoms with van der Waals surface area (Å²) in [4.78, 5) is 25.4. The summed E-state index contributed by atoms with van der Waals surface area (Å²) in [5.41, 5.74) is 5.83. The van der Waals surface area contributed by atoms with E-state index in [1.165, 1.54) is 6.21 Å². The fourth-order valence-corrected chi connectivity index (χ4v) is 4.07. The van der Waals surface area contributed by atoms with Crippen LogP contribution in [0.1, 0.15) is 47.8 Å². The zero-order valence-electron chi connectivity index (χ0n) is 21.5. The summed E-state index contributed by atoms with van der Waals surface area (Å²) < 4.78 is 12.5. The largest absolute Gasteiger partial charge is 0.490 e. The average molecular weight is 566 g/mol. The third-order valence-electron chi connectivity index (χ3n) is 5.50. The molecule has 2 amide bonds. The molecule has 0 bridgehead atoms. The maximum atomic E-state index is 12.8. The van der Waals surface area contributed by atoms with Crippen LogP contribution in [0.3, 0.4) is 0 Å². The third-order valence-corrected chi connectivity index (χ3v) is 6.08. The Hall–Kier alpha value is -3.65. The lowest BCUT2D eigenvalue weighted by Gasteiger charge is -2.20. The van der Waals surface area contributed by atoms with Gasteiger partial charge in [0.25, 0.3) is 11.8 Å². The molecule has 0 spiro atoms.